The van der Waals surface area contributed by atoms with E-state index in [0.717, 1.165) is 6.42 Å². The monoisotopic (exact) mass is 268 g/mol. The van der Waals surface area contributed by atoms with Gasteiger partial charge in [-0.05, 0) is 30.5 Å². The van der Waals surface area contributed by atoms with Gasteiger partial charge >= 0.3 is 12.0 Å². The third kappa shape index (κ3) is 2.92. The summed E-state index contributed by atoms with van der Waals surface area (Å²) in [4.78, 5) is 22.6. The number of rotatable bonds is 3. The average Bonchev–Trinajstić information content (AvgIpc) is 2.96. The summed E-state index contributed by atoms with van der Waals surface area (Å²) >= 11 is 5.72. The van der Waals surface area contributed by atoms with Gasteiger partial charge in [0.05, 0.1) is 11.3 Å². The molecule has 1 saturated carbocycles. The Morgan fingerprint density at radius 1 is 1.44 bits per heavy atom. The Kier molecular flexibility index (Phi) is 3.43. The van der Waals surface area contributed by atoms with Crippen molar-refractivity contribution in [2.45, 2.75) is 19.4 Å². The van der Waals surface area contributed by atoms with Crippen molar-refractivity contribution in [1.82, 2.24) is 5.32 Å². The predicted molar refractivity (Wildman–Crippen MR) is 68.1 cm³/mol. The fourth-order valence-corrected chi connectivity index (χ4v) is 1.82. The second kappa shape index (κ2) is 4.86. The maximum atomic E-state index is 11.6. The number of halogens is 1. The Morgan fingerprint density at radius 3 is 2.67 bits per heavy atom. The van der Waals surface area contributed by atoms with Gasteiger partial charge in [-0.25, -0.2) is 9.59 Å². The van der Waals surface area contributed by atoms with E-state index in [9.17, 15) is 9.59 Å². The second-order valence-corrected chi connectivity index (χ2v) is 4.85. The molecule has 0 saturated heterocycles. The van der Waals surface area contributed by atoms with E-state index >= 15 is 0 Å². The van der Waals surface area contributed by atoms with Crippen LogP contribution in [0.2, 0.25) is 5.02 Å². The molecule has 6 heteroatoms. The van der Waals surface area contributed by atoms with E-state index in [-0.39, 0.29) is 17.3 Å². The number of hydrogen-bond donors (Lipinski definition) is 3. The van der Waals surface area contributed by atoms with Crippen LogP contribution in [0.25, 0.3) is 0 Å². The zero-order chi connectivity index (χ0) is 13.3. The van der Waals surface area contributed by atoms with E-state index in [0.29, 0.717) is 10.9 Å². The number of benzene rings is 1. The maximum absolute atomic E-state index is 11.6. The zero-order valence-electron chi connectivity index (χ0n) is 9.74. The molecular weight excluding hydrogens is 256 g/mol. The van der Waals surface area contributed by atoms with Gasteiger partial charge in [0.15, 0.2) is 0 Å². The molecule has 0 radical (unpaired) electrons. The number of carbonyl (C=O) groups excluding carboxylic acids is 1. The van der Waals surface area contributed by atoms with Crippen LogP contribution in [0.15, 0.2) is 18.2 Å². The summed E-state index contributed by atoms with van der Waals surface area (Å²) < 4.78 is 0. The van der Waals surface area contributed by atoms with Crippen LogP contribution in [0.1, 0.15) is 23.7 Å². The summed E-state index contributed by atoms with van der Waals surface area (Å²) in [5.74, 6) is -0.646. The van der Waals surface area contributed by atoms with Crippen LogP contribution in [0.3, 0.4) is 0 Å². The fourth-order valence-electron chi connectivity index (χ4n) is 1.65. The van der Waals surface area contributed by atoms with Crippen molar-refractivity contribution in [3.05, 3.63) is 28.8 Å². The minimum Gasteiger partial charge on any atom is -0.478 e. The van der Waals surface area contributed by atoms with E-state index in [1.54, 1.807) is 0 Å². The Balaban J connectivity index is 2.08. The normalized spacial score (nSPS) is 21.2. The molecule has 0 aromatic heterocycles. The minimum absolute atomic E-state index is 0.0264. The van der Waals surface area contributed by atoms with Crippen LogP contribution in [0.5, 0.6) is 0 Å². The number of amides is 2. The molecule has 1 aromatic carbocycles. The number of anilines is 1. The molecule has 1 aromatic rings. The van der Waals surface area contributed by atoms with Gasteiger partial charge in [-0.1, -0.05) is 18.5 Å². The van der Waals surface area contributed by atoms with Gasteiger partial charge in [0.25, 0.3) is 0 Å². The van der Waals surface area contributed by atoms with Gasteiger partial charge in [-0.15, -0.1) is 0 Å². The highest BCUT2D eigenvalue weighted by Crippen LogP contribution is 2.29. The van der Waals surface area contributed by atoms with Gasteiger partial charge in [-0.2, -0.15) is 0 Å². The highest BCUT2D eigenvalue weighted by atomic mass is 35.5. The number of urea groups is 1. The van der Waals surface area contributed by atoms with Gasteiger partial charge < -0.3 is 15.7 Å². The van der Waals surface area contributed by atoms with Gasteiger partial charge in [-0.3, -0.25) is 0 Å². The highest BCUT2D eigenvalue weighted by Gasteiger charge is 2.33. The highest BCUT2D eigenvalue weighted by molar-refractivity contribution is 6.31. The Hall–Kier alpha value is -1.75. The van der Waals surface area contributed by atoms with Crippen LogP contribution in [-0.4, -0.2) is 23.1 Å². The van der Waals surface area contributed by atoms with Gasteiger partial charge in [0, 0.05) is 11.1 Å². The first kappa shape index (κ1) is 12.7. The topological polar surface area (TPSA) is 78.4 Å². The summed E-state index contributed by atoms with van der Waals surface area (Å²) in [6.45, 7) is 2.04. The van der Waals surface area contributed by atoms with Crippen molar-refractivity contribution in [2.75, 3.05) is 5.32 Å². The van der Waals surface area contributed by atoms with Crippen molar-refractivity contribution in [3.8, 4) is 0 Å². The summed E-state index contributed by atoms with van der Waals surface area (Å²) in [7, 11) is 0. The average molecular weight is 269 g/mol. The molecule has 0 heterocycles. The molecule has 2 amide bonds. The SMILES string of the molecule is CC1CC1NC(=O)Nc1ccc(Cl)cc1C(=O)O. The summed E-state index contributed by atoms with van der Waals surface area (Å²) in [5, 5.41) is 14.6. The van der Waals surface area contributed by atoms with E-state index in [1.165, 1.54) is 18.2 Å². The molecule has 96 valence electrons. The van der Waals surface area contributed by atoms with Gasteiger partial charge in [0.2, 0.25) is 0 Å². The van der Waals surface area contributed by atoms with Crippen LogP contribution in [0, 0.1) is 5.92 Å². The lowest BCUT2D eigenvalue weighted by Gasteiger charge is -2.09. The van der Waals surface area contributed by atoms with Crippen LogP contribution >= 0.6 is 11.6 Å². The molecule has 0 aliphatic heterocycles. The first-order valence-electron chi connectivity index (χ1n) is 5.57. The van der Waals surface area contributed by atoms with Crippen molar-refractivity contribution in [1.29, 1.82) is 0 Å². The Morgan fingerprint density at radius 2 is 2.11 bits per heavy atom. The number of carboxylic acids is 1. The smallest absolute Gasteiger partial charge is 0.337 e. The lowest BCUT2D eigenvalue weighted by molar-refractivity contribution is 0.0698. The third-order valence-corrected chi connectivity index (χ3v) is 3.12. The first-order valence-corrected chi connectivity index (χ1v) is 5.95. The van der Waals surface area contributed by atoms with E-state index in [2.05, 4.69) is 10.6 Å². The molecule has 2 unspecified atom stereocenters. The molecule has 3 N–H and O–H groups in total. The first-order chi connectivity index (χ1) is 8.47. The van der Waals surface area contributed by atoms with Crippen LogP contribution in [-0.2, 0) is 0 Å². The molecule has 18 heavy (non-hydrogen) atoms. The van der Waals surface area contributed by atoms with Crippen molar-refractivity contribution in [3.63, 3.8) is 0 Å². The van der Waals surface area contributed by atoms with Crippen LogP contribution in [0.4, 0.5) is 10.5 Å². The molecule has 1 aliphatic carbocycles. The van der Waals surface area contributed by atoms with E-state index in [1.807, 2.05) is 6.92 Å². The Labute approximate surface area is 109 Å². The van der Waals surface area contributed by atoms with E-state index in [4.69, 9.17) is 16.7 Å². The Bertz CT molecular complexity index is 504. The number of hydrogen-bond acceptors (Lipinski definition) is 2. The third-order valence-electron chi connectivity index (χ3n) is 2.89. The van der Waals surface area contributed by atoms with Crippen LogP contribution < -0.4 is 10.6 Å². The number of nitrogens with one attached hydrogen (secondary N) is 2. The largest absolute Gasteiger partial charge is 0.478 e. The molecule has 1 aliphatic rings. The molecule has 2 rings (SSSR count). The quantitative estimate of drug-likeness (QED) is 0.788. The molecule has 2 atom stereocenters. The molecule has 0 bridgehead atoms. The number of aromatic carboxylic acids is 1. The fraction of sp³-hybridized carbons (Fsp3) is 0.333. The summed E-state index contributed by atoms with van der Waals surface area (Å²) in [5.41, 5.74) is 0.208. The number of carbonyl (C=O) groups is 2. The predicted octanol–water partition coefficient (Wildman–Crippen LogP) is 2.57. The van der Waals surface area contributed by atoms with Gasteiger partial charge in [0.1, 0.15) is 0 Å². The van der Waals surface area contributed by atoms with Crippen molar-refractivity contribution < 1.29 is 14.7 Å². The molecule has 5 nitrogen and oxygen atoms in total. The minimum atomic E-state index is -1.13. The second-order valence-electron chi connectivity index (χ2n) is 4.41. The van der Waals surface area contributed by atoms with Crippen molar-refractivity contribution >= 4 is 29.3 Å². The molecule has 1 fully saturated rings. The maximum Gasteiger partial charge on any atom is 0.337 e. The zero-order valence-corrected chi connectivity index (χ0v) is 10.5. The standard InChI is InChI=1S/C12H13ClN2O3/c1-6-4-10(6)15-12(18)14-9-3-2-7(13)5-8(9)11(16)17/h2-3,5-6,10H,4H2,1H3,(H,16,17)(H2,14,15,18). The van der Waals surface area contributed by atoms with E-state index < -0.39 is 12.0 Å². The lowest BCUT2D eigenvalue weighted by atomic mass is 10.2. The number of carboxylic acid groups (broad SMARTS) is 1. The lowest BCUT2D eigenvalue weighted by Crippen LogP contribution is -2.31. The van der Waals surface area contributed by atoms with Crippen molar-refractivity contribution in [2.24, 2.45) is 5.92 Å². The molecule has 0 spiro atoms. The summed E-state index contributed by atoms with van der Waals surface area (Å²) in [6.07, 6.45) is 0.958. The molecular formula is C12H13ClN2O3. The summed E-state index contributed by atoms with van der Waals surface area (Å²) in [6, 6.07) is 4.10.